The molecule has 0 N–H and O–H groups in total. The van der Waals surface area contributed by atoms with Crippen molar-refractivity contribution in [3.8, 4) is 5.40 Å². The van der Waals surface area contributed by atoms with Crippen molar-refractivity contribution in [3.63, 3.8) is 0 Å². The van der Waals surface area contributed by atoms with E-state index in [0.717, 1.165) is 30.3 Å². The standard InChI is InChI=1S/C11H13N3OS/c1-7(2)14-11(15)10(16-6-12)5-9(13-14)8-3-4-8/h5,7-8H,3-4H2,1-2H3. The second-order valence-electron chi connectivity index (χ2n) is 4.24. The lowest BCUT2D eigenvalue weighted by molar-refractivity contribution is 0.485. The molecule has 0 aliphatic heterocycles. The van der Waals surface area contributed by atoms with Gasteiger partial charge in [0.15, 0.2) is 0 Å². The number of thioether (sulfide) groups is 1. The summed E-state index contributed by atoms with van der Waals surface area (Å²) in [4.78, 5) is 12.4. The predicted octanol–water partition coefficient (Wildman–Crippen LogP) is 2.27. The third-order valence-corrected chi connectivity index (χ3v) is 3.17. The average Bonchev–Trinajstić information content (AvgIpc) is 3.04. The Morgan fingerprint density at radius 1 is 1.62 bits per heavy atom. The Morgan fingerprint density at radius 3 is 2.81 bits per heavy atom. The summed E-state index contributed by atoms with van der Waals surface area (Å²) in [6.45, 7) is 3.85. The van der Waals surface area contributed by atoms with Crippen LogP contribution in [-0.4, -0.2) is 9.78 Å². The van der Waals surface area contributed by atoms with E-state index < -0.39 is 0 Å². The molecule has 0 atom stereocenters. The molecule has 84 valence electrons. The summed E-state index contributed by atoms with van der Waals surface area (Å²) in [6.07, 6.45) is 2.28. The Hall–Kier alpha value is -1.28. The maximum atomic E-state index is 11.9. The lowest BCUT2D eigenvalue weighted by atomic mass is 10.3. The topological polar surface area (TPSA) is 58.7 Å². The molecule has 16 heavy (non-hydrogen) atoms. The van der Waals surface area contributed by atoms with Gasteiger partial charge in [0.1, 0.15) is 5.40 Å². The number of rotatable bonds is 3. The minimum absolute atomic E-state index is 0.0317. The first-order valence-corrected chi connectivity index (χ1v) is 6.15. The van der Waals surface area contributed by atoms with Crippen LogP contribution in [0.15, 0.2) is 15.8 Å². The molecule has 1 aliphatic carbocycles. The predicted molar refractivity (Wildman–Crippen MR) is 62.3 cm³/mol. The molecule has 0 saturated heterocycles. The largest absolute Gasteiger partial charge is 0.281 e. The smallest absolute Gasteiger partial charge is 0.266 e. The average molecular weight is 235 g/mol. The molecule has 0 unspecified atom stereocenters. The fraction of sp³-hybridized carbons (Fsp3) is 0.545. The highest BCUT2D eigenvalue weighted by Gasteiger charge is 2.27. The lowest BCUT2D eigenvalue weighted by Crippen LogP contribution is -2.26. The summed E-state index contributed by atoms with van der Waals surface area (Å²) < 4.78 is 1.48. The first kappa shape index (κ1) is 11.2. The van der Waals surface area contributed by atoms with Gasteiger partial charge in [0.25, 0.3) is 5.56 Å². The van der Waals surface area contributed by atoms with Crippen molar-refractivity contribution < 1.29 is 0 Å². The van der Waals surface area contributed by atoms with Gasteiger partial charge in [-0.25, -0.2) is 4.68 Å². The van der Waals surface area contributed by atoms with Gasteiger partial charge >= 0.3 is 0 Å². The van der Waals surface area contributed by atoms with E-state index in [0.29, 0.717) is 10.8 Å². The van der Waals surface area contributed by atoms with Crippen LogP contribution in [0.3, 0.4) is 0 Å². The molecule has 4 nitrogen and oxygen atoms in total. The van der Waals surface area contributed by atoms with Crippen molar-refractivity contribution in [2.45, 2.75) is 43.5 Å². The third-order valence-electron chi connectivity index (χ3n) is 2.56. The Kier molecular flexibility index (Phi) is 3.01. The summed E-state index contributed by atoms with van der Waals surface area (Å²) in [5, 5.41) is 15.0. The third kappa shape index (κ3) is 2.12. The number of hydrogen-bond donors (Lipinski definition) is 0. The molecule has 1 saturated carbocycles. The van der Waals surface area contributed by atoms with Crippen molar-refractivity contribution in [1.82, 2.24) is 9.78 Å². The highest BCUT2D eigenvalue weighted by Crippen LogP contribution is 2.39. The van der Waals surface area contributed by atoms with Crippen molar-refractivity contribution in [3.05, 3.63) is 22.1 Å². The van der Waals surface area contributed by atoms with Gasteiger partial charge in [-0.2, -0.15) is 10.4 Å². The number of nitriles is 1. The van der Waals surface area contributed by atoms with Gasteiger partial charge in [-0.15, -0.1) is 0 Å². The highest BCUT2D eigenvalue weighted by atomic mass is 32.2. The Labute approximate surface area is 98.3 Å². The Balaban J connectivity index is 2.52. The summed E-state index contributed by atoms with van der Waals surface area (Å²) in [7, 11) is 0. The van der Waals surface area contributed by atoms with E-state index in [1.54, 1.807) is 6.07 Å². The summed E-state index contributed by atoms with van der Waals surface area (Å²) >= 11 is 0.925. The quantitative estimate of drug-likeness (QED) is 0.595. The molecule has 0 spiro atoms. The van der Waals surface area contributed by atoms with Gasteiger partial charge < -0.3 is 0 Å². The molecule has 1 heterocycles. The van der Waals surface area contributed by atoms with E-state index in [1.807, 2.05) is 19.2 Å². The number of hydrogen-bond acceptors (Lipinski definition) is 4. The maximum Gasteiger partial charge on any atom is 0.281 e. The lowest BCUT2D eigenvalue weighted by Gasteiger charge is -2.11. The van der Waals surface area contributed by atoms with Crippen molar-refractivity contribution in [2.75, 3.05) is 0 Å². The summed E-state index contributed by atoms with van der Waals surface area (Å²) in [5.41, 5.74) is 0.789. The molecule has 0 amide bonds. The van der Waals surface area contributed by atoms with Crippen LogP contribution in [0.2, 0.25) is 0 Å². The maximum absolute atomic E-state index is 11.9. The molecule has 1 fully saturated rings. The Morgan fingerprint density at radius 2 is 2.31 bits per heavy atom. The zero-order chi connectivity index (χ0) is 11.7. The molecular formula is C11H13N3OS. The van der Waals surface area contributed by atoms with Gasteiger partial charge in [0.2, 0.25) is 0 Å². The first-order chi connectivity index (χ1) is 7.63. The van der Waals surface area contributed by atoms with Crippen LogP contribution in [0.1, 0.15) is 44.3 Å². The zero-order valence-corrected chi connectivity index (χ0v) is 10.1. The minimum Gasteiger partial charge on any atom is -0.266 e. The van der Waals surface area contributed by atoms with Crippen LogP contribution in [0.4, 0.5) is 0 Å². The zero-order valence-electron chi connectivity index (χ0n) is 9.30. The van der Waals surface area contributed by atoms with E-state index in [-0.39, 0.29) is 11.6 Å². The molecule has 0 radical (unpaired) electrons. The van der Waals surface area contributed by atoms with Crippen LogP contribution in [0, 0.1) is 10.7 Å². The van der Waals surface area contributed by atoms with Gasteiger partial charge in [-0.3, -0.25) is 4.79 Å². The molecule has 1 aromatic heterocycles. The first-order valence-electron chi connectivity index (χ1n) is 5.33. The van der Waals surface area contributed by atoms with E-state index in [4.69, 9.17) is 5.26 Å². The molecular weight excluding hydrogens is 222 g/mol. The molecule has 1 aromatic rings. The van der Waals surface area contributed by atoms with Gasteiger partial charge in [0.05, 0.1) is 16.6 Å². The fourth-order valence-corrected chi connectivity index (χ4v) is 2.02. The fourth-order valence-electron chi connectivity index (χ4n) is 1.56. The van der Waals surface area contributed by atoms with Crippen LogP contribution >= 0.6 is 11.8 Å². The second-order valence-corrected chi connectivity index (χ2v) is 5.07. The van der Waals surface area contributed by atoms with Crippen LogP contribution < -0.4 is 5.56 Å². The van der Waals surface area contributed by atoms with Crippen LogP contribution in [0.25, 0.3) is 0 Å². The van der Waals surface area contributed by atoms with Gasteiger partial charge in [-0.05, 0) is 44.5 Å². The molecule has 5 heteroatoms. The molecule has 2 rings (SSSR count). The van der Waals surface area contributed by atoms with Crippen LogP contribution in [-0.2, 0) is 0 Å². The normalized spacial score (nSPS) is 15.1. The van der Waals surface area contributed by atoms with E-state index in [2.05, 4.69) is 5.10 Å². The van der Waals surface area contributed by atoms with E-state index in [1.165, 1.54) is 4.68 Å². The van der Waals surface area contributed by atoms with Gasteiger partial charge in [0, 0.05) is 5.92 Å². The number of thiocyanates is 1. The van der Waals surface area contributed by atoms with Crippen molar-refractivity contribution in [2.24, 2.45) is 0 Å². The van der Waals surface area contributed by atoms with E-state index >= 15 is 0 Å². The van der Waals surface area contributed by atoms with Gasteiger partial charge in [-0.1, -0.05) is 0 Å². The van der Waals surface area contributed by atoms with Crippen LogP contribution in [0.5, 0.6) is 0 Å². The summed E-state index contributed by atoms with van der Waals surface area (Å²) in [6, 6.07) is 1.80. The molecule has 0 aromatic carbocycles. The minimum atomic E-state index is -0.161. The SMILES string of the molecule is CC(C)n1nc(C2CC2)cc(SC#N)c1=O. The summed E-state index contributed by atoms with van der Waals surface area (Å²) in [5.74, 6) is 0.489. The molecule has 1 aliphatic rings. The Bertz CT molecular complexity index is 497. The van der Waals surface area contributed by atoms with Crippen molar-refractivity contribution in [1.29, 1.82) is 5.26 Å². The number of aromatic nitrogens is 2. The van der Waals surface area contributed by atoms with Crippen molar-refractivity contribution >= 4 is 11.8 Å². The highest BCUT2D eigenvalue weighted by molar-refractivity contribution is 8.03. The number of nitrogens with zero attached hydrogens (tertiary/aromatic N) is 3. The molecule has 0 bridgehead atoms. The monoisotopic (exact) mass is 235 g/mol. The van der Waals surface area contributed by atoms with E-state index in [9.17, 15) is 4.79 Å². The second kappa shape index (κ2) is 4.30.